The van der Waals surface area contributed by atoms with Gasteiger partial charge in [-0.2, -0.15) is 0 Å². The van der Waals surface area contributed by atoms with Gasteiger partial charge in [0.1, 0.15) is 5.75 Å². The van der Waals surface area contributed by atoms with Crippen molar-refractivity contribution in [3.05, 3.63) is 48.5 Å². The molecule has 0 aliphatic carbocycles. The minimum atomic E-state index is -0.144. The average Bonchev–Trinajstić information content (AvgIpc) is 3.22. The third-order valence-electron chi connectivity index (χ3n) is 6.02. The van der Waals surface area contributed by atoms with Crippen LogP contribution in [0, 0.1) is 5.92 Å². The number of hydrogen-bond donors (Lipinski definition) is 3. The molecule has 4 rings (SSSR count). The molecular formula is C24H28N4O4. The number of phenolic OH excluding ortho intramolecular Hbond substituents is 1. The molecule has 0 radical (unpaired) electrons. The standard InChI is InChI=1S/C24H28N4O4/c29-21-5-2-1-4-20(21)26-24(32)17-11-14-27(15-12-17)16-22(30)25-18-7-9-19(10-8-18)28-13-3-6-23(28)31/h1-2,4-5,7-10,17,29H,3,6,11-16H2,(H,25,30)(H,26,32). The number of carbonyl (C=O) groups is 3. The summed E-state index contributed by atoms with van der Waals surface area (Å²) in [5.41, 5.74) is 1.97. The van der Waals surface area contributed by atoms with Gasteiger partial charge in [0, 0.05) is 30.3 Å². The number of para-hydroxylation sites is 2. The van der Waals surface area contributed by atoms with E-state index in [1.807, 2.05) is 29.2 Å². The van der Waals surface area contributed by atoms with Crippen molar-refractivity contribution < 1.29 is 19.5 Å². The third-order valence-corrected chi connectivity index (χ3v) is 6.02. The molecule has 0 bridgehead atoms. The maximum atomic E-state index is 12.5. The molecule has 0 unspecified atom stereocenters. The molecule has 0 aromatic heterocycles. The lowest BCUT2D eigenvalue weighted by atomic mass is 9.95. The molecule has 2 aliphatic heterocycles. The molecule has 0 spiro atoms. The Hall–Kier alpha value is -3.39. The first kappa shape index (κ1) is 21.8. The molecule has 8 nitrogen and oxygen atoms in total. The van der Waals surface area contributed by atoms with E-state index in [9.17, 15) is 19.5 Å². The number of anilines is 3. The number of benzene rings is 2. The first-order valence-corrected chi connectivity index (χ1v) is 11.0. The number of nitrogens with one attached hydrogen (secondary N) is 2. The molecule has 3 amide bonds. The maximum absolute atomic E-state index is 12.5. The van der Waals surface area contributed by atoms with Crippen molar-refractivity contribution in [2.45, 2.75) is 25.7 Å². The fourth-order valence-electron chi connectivity index (χ4n) is 4.22. The van der Waals surface area contributed by atoms with Crippen LogP contribution in [0.1, 0.15) is 25.7 Å². The Morgan fingerprint density at radius 1 is 0.969 bits per heavy atom. The van der Waals surface area contributed by atoms with Gasteiger partial charge in [0.25, 0.3) is 0 Å². The molecule has 2 aromatic rings. The summed E-state index contributed by atoms with van der Waals surface area (Å²) in [4.78, 5) is 40.6. The van der Waals surface area contributed by atoms with Crippen molar-refractivity contribution in [1.82, 2.24) is 4.90 Å². The van der Waals surface area contributed by atoms with Gasteiger partial charge in [0.2, 0.25) is 17.7 Å². The van der Waals surface area contributed by atoms with Gasteiger partial charge < -0.3 is 20.6 Å². The van der Waals surface area contributed by atoms with Crippen LogP contribution in [0.25, 0.3) is 0 Å². The van der Waals surface area contributed by atoms with Crippen LogP contribution >= 0.6 is 0 Å². The van der Waals surface area contributed by atoms with Crippen LogP contribution in [0.5, 0.6) is 5.75 Å². The van der Waals surface area contributed by atoms with Gasteiger partial charge in [-0.1, -0.05) is 12.1 Å². The largest absolute Gasteiger partial charge is 0.506 e. The van der Waals surface area contributed by atoms with Gasteiger partial charge in [0.15, 0.2) is 0 Å². The minimum absolute atomic E-state index is 0.0509. The summed E-state index contributed by atoms with van der Waals surface area (Å²) in [6, 6.07) is 14.0. The van der Waals surface area contributed by atoms with Crippen molar-refractivity contribution in [3.63, 3.8) is 0 Å². The number of piperidine rings is 1. The van der Waals surface area contributed by atoms with Crippen LogP contribution in [-0.2, 0) is 14.4 Å². The van der Waals surface area contributed by atoms with E-state index < -0.39 is 0 Å². The molecule has 2 saturated heterocycles. The van der Waals surface area contributed by atoms with E-state index in [0.29, 0.717) is 43.7 Å². The van der Waals surface area contributed by atoms with E-state index in [-0.39, 0.29) is 35.9 Å². The Kier molecular flexibility index (Phi) is 6.70. The van der Waals surface area contributed by atoms with Crippen LogP contribution in [0.3, 0.4) is 0 Å². The Morgan fingerprint density at radius 2 is 1.69 bits per heavy atom. The van der Waals surface area contributed by atoms with E-state index >= 15 is 0 Å². The van der Waals surface area contributed by atoms with Gasteiger partial charge in [-0.3, -0.25) is 19.3 Å². The third kappa shape index (κ3) is 5.26. The molecule has 0 saturated carbocycles. The Morgan fingerprint density at radius 3 is 2.34 bits per heavy atom. The molecule has 2 heterocycles. The topological polar surface area (TPSA) is 102 Å². The summed E-state index contributed by atoms with van der Waals surface area (Å²) < 4.78 is 0. The maximum Gasteiger partial charge on any atom is 0.238 e. The zero-order chi connectivity index (χ0) is 22.5. The van der Waals surface area contributed by atoms with Crippen LogP contribution in [0.2, 0.25) is 0 Å². The lowest BCUT2D eigenvalue weighted by Crippen LogP contribution is -2.41. The van der Waals surface area contributed by atoms with Gasteiger partial charge in [0.05, 0.1) is 12.2 Å². The highest BCUT2D eigenvalue weighted by atomic mass is 16.3. The molecule has 32 heavy (non-hydrogen) atoms. The molecule has 168 valence electrons. The van der Waals surface area contributed by atoms with Crippen molar-refractivity contribution in [1.29, 1.82) is 0 Å². The lowest BCUT2D eigenvalue weighted by molar-refractivity contribution is -0.121. The van der Waals surface area contributed by atoms with E-state index in [1.165, 1.54) is 6.07 Å². The molecule has 3 N–H and O–H groups in total. The predicted octanol–water partition coefficient (Wildman–Crippen LogP) is 2.81. The number of nitrogens with zero attached hydrogens (tertiary/aromatic N) is 2. The summed E-state index contributed by atoms with van der Waals surface area (Å²) in [6.45, 7) is 2.32. The van der Waals surface area contributed by atoms with Gasteiger partial charge >= 0.3 is 0 Å². The van der Waals surface area contributed by atoms with Crippen molar-refractivity contribution in [2.75, 3.05) is 41.7 Å². The SMILES string of the molecule is O=C(CN1CCC(C(=O)Nc2ccccc2O)CC1)Nc1ccc(N2CCCC2=O)cc1. The Bertz CT molecular complexity index is 984. The summed E-state index contributed by atoms with van der Waals surface area (Å²) in [6.07, 6.45) is 2.78. The first-order valence-electron chi connectivity index (χ1n) is 11.0. The second kappa shape index (κ2) is 9.82. The average molecular weight is 437 g/mol. The highest BCUT2D eigenvalue weighted by molar-refractivity contribution is 5.96. The van der Waals surface area contributed by atoms with Crippen LogP contribution in [0.4, 0.5) is 17.1 Å². The van der Waals surface area contributed by atoms with E-state index in [4.69, 9.17) is 0 Å². The van der Waals surface area contributed by atoms with Gasteiger partial charge in [-0.05, 0) is 68.8 Å². The van der Waals surface area contributed by atoms with E-state index in [0.717, 1.165) is 18.7 Å². The molecule has 2 fully saturated rings. The van der Waals surface area contributed by atoms with Crippen molar-refractivity contribution in [2.24, 2.45) is 5.92 Å². The molecule has 8 heteroatoms. The number of hydrogen-bond acceptors (Lipinski definition) is 5. The molecule has 2 aliphatic rings. The van der Waals surface area contributed by atoms with Gasteiger partial charge in [-0.15, -0.1) is 0 Å². The molecule has 2 aromatic carbocycles. The van der Waals surface area contributed by atoms with Crippen molar-refractivity contribution in [3.8, 4) is 5.75 Å². The summed E-state index contributed by atoms with van der Waals surface area (Å²) >= 11 is 0. The Labute approximate surface area is 187 Å². The highest BCUT2D eigenvalue weighted by Crippen LogP contribution is 2.25. The minimum Gasteiger partial charge on any atom is -0.506 e. The number of carbonyl (C=O) groups excluding carboxylic acids is 3. The smallest absolute Gasteiger partial charge is 0.238 e. The Balaban J connectivity index is 1.22. The summed E-state index contributed by atoms with van der Waals surface area (Å²) in [7, 11) is 0. The first-order chi connectivity index (χ1) is 15.5. The highest BCUT2D eigenvalue weighted by Gasteiger charge is 2.26. The second-order valence-electron chi connectivity index (χ2n) is 8.30. The van der Waals surface area contributed by atoms with E-state index in [2.05, 4.69) is 10.6 Å². The number of amides is 3. The summed E-state index contributed by atoms with van der Waals surface area (Å²) in [5, 5.41) is 15.5. The van der Waals surface area contributed by atoms with Gasteiger partial charge in [-0.25, -0.2) is 0 Å². The quantitative estimate of drug-likeness (QED) is 0.605. The van der Waals surface area contributed by atoms with Crippen molar-refractivity contribution >= 4 is 34.8 Å². The van der Waals surface area contributed by atoms with Crippen LogP contribution in [0.15, 0.2) is 48.5 Å². The van der Waals surface area contributed by atoms with Crippen LogP contribution in [-0.4, -0.2) is 53.9 Å². The monoisotopic (exact) mass is 436 g/mol. The fraction of sp³-hybridized carbons (Fsp3) is 0.375. The normalized spacial score (nSPS) is 17.4. The number of phenols is 1. The summed E-state index contributed by atoms with van der Waals surface area (Å²) in [5.74, 6) is -0.163. The molecule has 0 atom stereocenters. The fourth-order valence-corrected chi connectivity index (χ4v) is 4.22. The zero-order valence-electron chi connectivity index (χ0n) is 17.9. The van der Waals surface area contributed by atoms with Crippen LogP contribution < -0.4 is 15.5 Å². The predicted molar refractivity (Wildman–Crippen MR) is 123 cm³/mol. The zero-order valence-corrected chi connectivity index (χ0v) is 17.9. The number of aromatic hydroxyl groups is 1. The lowest BCUT2D eigenvalue weighted by Gasteiger charge is -2.30. The van der Waals surface area contributed by atoms with E-state index in [1.54, 1.807) is 23.1 Å². The number of rotatable bonds is 6. The second-order valence-corrected chi connectivity index (χ2v) is 8.30. The molecular weight excluding hydrogens is 408 g/mol. The number of likely N-dealkylation sites (tertiary alicyclic amines) is 1.